The predicted octanol–water partition coefficient (Wildman–Crippen LogP) is 4.14. The average molecular weight is 322 g/mol. The van der Waals surface area contributed by atoms with Crippen LogP contribution in [0.3, 0.4) is 0 Å². The molecule has 2 heterocycles. The van der Waals surface area contributed by atoms with Crippen LogP contribution in [0.5, 0.6) is 0 Å². The summed E-state index contributed by atoms with van der Waals surface area (Å²) < 4.78 is 0. The molecule has 4 nitrogen and oxygen atoms in total. The number of benzene rings is 1. The standard InChI is InChI=1S/C18H14N2O2S/c1-12-16(23-17(20-12)13-6-3-2-4-7-13)10-15(18(21)22)14-8-5-9-19-11-14/h2-11H,1H3,(H,21,22)/b15-10+. The summed E-state index contributed by atoms with van der Waals surface area (Å²) in [7, 11) is 0. The largest absolute Gasteiger partial charge is 0.478 e. The van der Waals surface area contributed by atoms with Crippen molar-refractivity contribution in [3.8, 4) is 10.6 Å². The van der Waals surface area contributed by atoms with Gasteiger partial charge < -0.3 is 5.11 Å². The normalized spacial score (nSPS) is 11.4. The van der Waals surface area contributed by atoms with Crippen molar-refractivity contribution < 1.29 is 9.90 Å². The van der Waals surface area contributed by atoms with Crippen LogP contribution in [0.15, 0.2) is 54.9 Å². The highest BCUT2D eigenvalue weighted by Crippen LogP contribution is 2.30. The molecule has 0 saturated heterocycles. The Hall–Kier alpha value is -2.79. The van der Waals surface area contributed by atoms with Crippen molar-refractivity contribution in [3.05, 3.63) is 71.0 Å². The second kappa shape index (κ2) is 6.54. The highest BCUT2D eigenvalue weighted by atomic mass is 32.1. The molecule has 0 saturated carbocycles. The summed E-state index contributed by atoms with van der Waals surface area (Å²) in [5.41, 5.74) is 2.63. The van der Waals surface area contributed by atoms with Gasteiger partial charge in [0.2, 0.25) is 0 Å². The van der Waals surface area contributed by atoms with E-state index in [1.54, 1.807) is 30.6 Å². The molecule has 5 heteroatoms. The number of carboxylic acids is 1. The fourth-order valence-corrected chi connectivity index (χ4v) is 3.18. The van der Waals surface area contributed by atoms with Gasteiger partial charge >= 0.3 is 5.97 Å². The lowest BCUT2D eigenvalue weighted by Gasteiger charge is -2.01. The molecule has 1 N–H and O–H groups in total. The molecular formula is C18H14N2O2S. The maximum atomic E-state index is 11.6. The van der Waals surface area contributed by atoms with Crippen LogP contribution in [0.2, 0.25) is 0 Å². The topological polar surface area (TPSA) is 63.1 Å². The van der Waals surface area contributed by atoms with E-state index in [2.05, 4.69) is 9.97 Å². The SMILES string of the molecule is Cc1nc(-c2ccccc2)sc1/C=C(/C(=O)O)c1cccnc1. The average Bonchev–Trinajstić information content (AvgIpc) is 2.95. The van der Waals surface area contributed by atoms with Crippen LogP contribution in [0, 0.1) is 6.92 Å². The lowest BCUT2D eigenvalue weighted by atomic mass is 10.1. The van der Waals surface area contributed by atoms with Gasteiger partial charge in [-0.15, -0.1) is 11.3 Å². The number of nitrogens with zero attached hydrogens (tertiary/aromatic N) is 2. The number of rotatable bonds is 4. The first-order valence-electron chi connectivity index (χ1n) is 7.03. The van der Waals surface area contributed by atoms with Crippen LogP contribution < -0.4 is 0 Å². The Balaban J connectivity index is 2.04. The minimum atomic E-state index is -0.980. The number of thiazole rings is 1. The van der Waals surface area contributed by atoms with Gasteiger partial charge in [-0.2, -0.15) is 0 Å². The van der Waals surface area contributed by atoms with E-state index in [0.29, 0.717) is 5.56 Å². The molecule has 2 aromatic heterocycles. The van der Waals surface area contributed by atoms with Crippen LogP contribution in [0.25, 0.3) is 22.2 Å². The summed E-state index contributed by atoms with van der Waals surface area (Å²) in [5.74, 6) is -0.980. The highest BCUT2D eigenvalue weighted by Gasteiger charge is 2.14. The third-order valence-corrected chi connectivity index (χ3v) is 4.49. The molecule has 0 bridgehead atoms. The third-order valence-electron chi connectivity index (χ3n) is 3.33. The highest BCUT2D eigenvalue weighted by molar-refractivity contribution is 7.16. The fourth-order valence-electron chi connectivity index (χ4n) is 2.17. The summed E-state index contributed by atoms with van der Waals surface area (Å²) in [4.78, 5) is 21.0. The van der Waals surface area contributed by atoms with Crippen LogP contribution in [0.1, 0.15) is 16.1 Å². The number of hydrogen-bond donors (Lipinski definition) is 1. The van der Waals surface area contributed by atoms with Crippen LogP contribution >= 0.6 is 11.3 Å². The van der Waals surface area contributed by atoms with Crippen molar-refractivity contribution in [3.63, 3.8) is 0 Å². The number of pyridine rings is 1. The summed E-state index contributed by atoms with van der Waals surface area (Å²) >= 11 is 1.48. The number of aromatic nitrogens is 2. The number of hydrogen-bond acceptors (Lipinski definition) is 4. The van der Waals surface area contributed by atoms with E-state index in [1.807, 2.05) is 37.3 Å². The van der Waals surface area contributed by atoms with Gasteiger partial charge in [0.05, 0.1) is 16.1 Å². The maximum Gasteiger partial charge on any atom is 0.336 e. The fraction of sp³-hybridized carbons (Fsp3) is 0.0556. The number of aryl methyl sites for hydroxylation is 1. The molecule has 0 aliphatic rings. The predicted molar refractivity (Wildman–Crippen MR) is 92.0 cm³/mol. The number of carboxylic acid groups (broad SMARTS) is 1. The summed E-state index contributed by atoms with van der Waals surface area (Å²) in [6.45, 7) is 1.89. The van der Waals surface area contributed by atoms with Crippen molar-refractivity contribution in [1.29, 1.82) is 0 Å². The smallest absolute Gasteiger partial charge is 0.336 e. The number of aliphatic carboxylic acids is 1. The Bertz CT molecular complexity index is 855. The lowest BCUT2D eigenvalue weighted by molar-refractivity contribution is -0.130. The second-order valence-corrected chi connectivity index (χ2v) is 5.97. The van der Waals surface area contributed by atoms with Crippen molar-refractivity contribution in [1.82, 2.24) is 9.97 Å². The summed E-state index contributed by atoms with van der Waals surface area (Å²) in [5, 5.41) is 10.4. The van der Waals surface area contributed by atoms with Crippen molar-refractivity contribution >= 4 is 29.0 Å². The molecule has 3 aromatic rings. The Morgan fingerprint density at radius 3 is 2.61 bits per heavy atom. The zero-order chi connectivity index (χ0) is 16.2. The Labute approximate surface area is 137 Å². The molecule has 114 valence electrons. The molecule has 3 rings (SSSR count). The monoisotopic (exact) mass is 322 g/mol. The van der Waals surface area contributed by atoms with E-state index in [-0.39, 0.29) is 5.57 Å². The lowest BCUT2D eigenvalue weighted by Crippen LogP contribution is -1.99. The second-order valence-electron chi connectivity index (χ2n) is 4.94. The quantitative estimate of drug-likeness (QED) is 0.733. The molecule has 1 aromatic carbocycles. The van der Waals surface area contributed by atoms with Crippen molar-refractivity contribution in [2.75, 3.05) is 0 Å². The van der Waals surface area contributed by atoms with E-state index in [1.165, 1.54) is 11.3 Å². The first-order chi connectivity index (χ1) is 11.1. The molecule has 0 unspecified atom stereocenters. The van der Waals surface area contributed by atoms with Gasteiger partial charge in [-0.25, -0.2) is 9.78 Å². The van der Waals surface area contributed by atoms with E-state index in [4.69, 9.17) is 0 Å². The van der Waals surface area contributed by atoms with Crippen LogP contribution in [0.4, 0.5) is 0 Å². The third kappa shape index (κ3) is 3.35. The van der Waals surface area contributed by atoms with Crippen LogP contribution in [-0.4, -0.2) is 21.0 Å². The maximum absolute atomic E-state index is 11.6. The van der Waals surface area contributed by atoms with Gasteiger partial charge in [0.25, 0.3) is 0 Å². The van der Waals surface area contributed by atoms with Gasteiger partial charge in [-0.05, 0) is 19.1 Å². The van der Waals surface area contributed by atoms with Gasteiger partial charge in [-0.1, -0.05) is 36.4 Å². The minimum Gasteiger partial charge on any atom is -0.478 e. The Morgan fingerprint density at radius 2 is 1.96 bits per heavy atom. The van der Waals surface area contributed by atoms with Crippen molar-refractivity contribution in [2.45, 2.75) is 6.92 Å². The molecule has 0 aliphatic carbocycles. The molecule has 23 heavy (non-hydrogen) atoms. The molecule has 0 radical (unpaired) electrons. The summed E-state index contributed by atoms with van der Waals surface area (Å²) in [6, 6.07) is 13.3. The van der Waals surface area contributed by atoms with Gasteiger partial charge in [0.1, 0.15) is 5.01 Å². The van der Waals surface area contributed by atoms with E-state index >= 15 is 0 Å². The molecular weight excluding hydrogens is 308 g/mol. The first-order valence-corrected chi connectivity index (χ1v) is 7.85. The zero-order valence-electron chi connectivity index (χ0n) is 12.4. The molecule has 0 spiro atoms. The molecule has 0 atom stereocenters. The minimum absolute atomic E-state index is 0.212. The van der Waals surface area contributed by atoms with E-state index < -0.39 is 5.97 Å². The van der Waals surface area contributed by atoms with E-state index in [0.717, 1.165) is 21.1 Å². The first kappa shape index (κ1) is 15.1. The van der Waals surface area contributed by atoms with E-state index in [9.17, 15) is 9.90 Å². The molecule has 0 aliphatic heterocycles. The van der Waals surface area contributed by atoms with Crippen molar-refractivity contribution in [2.24, 2.45) is 0 Å². The van der Waals surface area contributed by atoms with Gasteiger partial charge in [0, 0.05) is 23.5 Å². The number of carbonyl (C=O) groups is 1. The van der Waals surface area contributed by atoms with Gasteiger partial charge in [-0.3, -0.25) is 4.98 Å². The van der Waals surface area contributed by atoms with Crippen LogP contribution in [-0.2, 0) is 4.79 Å². The Kier molecular flexibility index (Phi) is 4.30. The molecule has 0 amide bonds. The molecule has 0 fully saturated rings. The summed E-state index contributed by atoms with van der Waals surface area (Å²) in [6.07, 6.45) is 4.83. The zero-order valence-corrected chi connectivity index (χ0v) is 13.2. The Morgan fingerprint density at radius 1 is 1.17 bits per heavy atom. The van der Waals surface area contributed by atoms with Gasteiger partial charge in [0.15, 0.2) is 0 Å².